The van der Waals surface area contributed by atoms with Crippen LogP contribution in [0.15, 0.2) is 55.1 Å². The van der Waals surface area contributed by atoms with Gasteiger partial charge in [-0.05, 0) is 29.3 Å². The standard InChI is InChI=1S/C20H18N4O2/c1-24-13-16(12-22-24)18-6-8-21-11-15(18)3-5-20(25)23-17-4-2-14-7-9-26-19(14)10-17/h2-6,8,10-13H,7,9H2,1H3,(H,23,25). The second-order valence-corrected chi connectivity index (χ2v) is 6.11. The van der Waals surface area contributed by atoms with E-state index in [1.165, 1.54) is 11.6 Å². The molecule has 2 aromatic heterocycles. The summed E-state index contributed by atoms with van der Waals surface area (Å²) in [5.41, 5.74) is 4.70. The molecular weight excluding hydrogens is 328 g/mol. The molecule has 26 heavy (non-hydrogen) atoms. The molecule has 0 aliphatic carbocycles. The highest BCUT2D eigenvalue weighted by atomic mass is 16.5. The number of aromatic nitrogens is 3. The molecule has 4 rings (SSSR count). The van der Waals surface area contributed by atoms with Crippen LogP contribution >= 0.6 is 0 Å². The summed E-state index contributed by atoms with van der Waals surface area (Å²) >= 11 is 0. The van der Waals surface area contributed by atoms with Gasteiger partial charge in [-0.2, -0.15) is 5.10 Å². The number of ether oxygens (including phenoxy) is 1. The molecule has 130 valence electrons. The SMILES string of the molecule is Cn1cc(-c2ccncc2C=CC(=O)Nc2ccc3c(c2)OCC3)cn1. The highest BCUT2D eigenvalue weighted by Gasteiger charge is 2.12. The number of carbonyl (C=O) groups excluding carboxylic acids is 1. The van der Waals surface area contributed by atoms with Gasteiger partial charge in [0.1, 0.15) is 5.75 Å². The molecule has 0 bridgehead atoms. The minimum absolute atomic E-state index is 0.205. The van der Waals surface area contributed by atoms with Gasteiger partial charge in [0.15, 0.2) is 0 Å². The van der Waals surface area contributed by atoms with Gasteiger partial charge in [0.25, 0.3) is 0 Å². The number of hydrogen-bond donors (Lipinski definition) is 1. The predicted octanol–water partition coefficient (Wildman–Crippen LogP) is 3.07. The Bertz CT molecular complexity index is 991. The molecule has 6 heteroatoms. The molecule has 0 unspecified atom stereocenters. The third-order valence-corrected chi connectivity index (χ3v) is 4.25. The van der Waals surface area contributed by atoms with Gasteiger partial charge in [-0.3, -0.25) is 14.5 Å². The van der Waals surface area contributed by atoms with Gasteiger partial charge in [-0.25, -0.2) is 0 Å². The van der Waals surface area contributed by atoms with E-state index in [1.807, 2.05) is 37.5 Å². The Labute approximate surface area is 151 Å². The van der Waals surface area contributed by atoms with Crippen LogP contribution in [0.3, 0.4) is 0 Å². The lowest BCUT2D eigenvalue weighted by atomic mass is 10.0. The van der Waals surface area contributed by atoms with Crippen LogP contribution in [0, 0.1) is 0 Å². The summed E-state index contributed by atoms with van der Waals surface area (Å²) in [5.74, 6) is 0.641. The molecule has 0 atom stereocenters. The van der Waals surface area contributed by atoms with Crippen LogP contribution in [0.25, 0.3) is 17.2 Å². The van der Waals surface area contributed by atoms with Crippen LogP contribution in [0.5, 0.6) is 5.75 Å². The van der Waals surface area contributed by atoms with Crippen LogP contribution in [-0.4, -0.2) is 27.3 Å². The minimum atomic E-state index is -0.205. The first-order chi connectivity index (χ1) is 12.7. The van der Waals surface area contributed by atoms with Crippen LogP contribution in [0.2, 0.25) is 0 Å². The quantitative estimate of drug-likeness (QED) is 0.737. The van der Waals surface area contributed by atoms with E-state index < -0.39 is 0 Å². The molecule has 3 heterocycles. The number of nitrogens with one attached hydrogen (secondary N) is 1. The van der Waals surface area contributed by atoms with Crippen molar-refractivity contribution >= 4 is 17.7 Å². The second-order valence-electron chi connectivity index (χ2n) is 6.11. The molecule has 1 amide bonds. The zero-order valence-electron chi connectivity index (χ0n) is 14.3. The lowest BCUT2D eigenvalue weighted by Crippen LogP contribution is -2.07. The molecule has 0 fully saturated rings. The molecule has 1 aliphatic heterocycles. The van der Waals surface area contributed by atoms with Crippen molar-refractivity contribution in [2.24, 2.45) is 7.05 Å². The maximum atomic E-state index is 12.3. The molecule has 1 N–H and O–H groups in total. The molecule has 1 aromatic carbocycles. The number of anilines is 1. The van der Waals surface area contributed by atoms with Crippen molar-refractivity contribution in [2.45, 2.75) is 6.42 Å². The fourth-order valence-electron chi connectivity index (χ4n) is 2.96. The lowest BCUT2D eigenvalue weighted by molar-refractivity contribution is -0.111. The number of fused-ring (bicyclic) bond motifs is 1. The third kappa shape index (κ3) is 3.35. The van der Waals surface area contributed by atoms with Crippen molar-refractivity contribution in [1.29, 1.82) is 0 Å². The van der Waals surface area contributed by atoms with E-state index in [4.69, 9.17) is 4.74 Å². The minimum Gasteiger partial charge on any atom is -0.493 e. The van der Waals surface area contributed by atoms with Gasteiger partial charge in [0.2, 0.25) is 5.91 Å². The van der Waals surface area contributed by atoms with Crippen LogP contribution in [0.4, 0.5) is 5.69 Å². The summed E-state index contributed by atoms with van der Waals surface area (Å²) in [6.45, 7) is 0.699. The Morgan fingerprint density at radius 3 is 3.08 bits per heavy atom. The van der Waals surface area contributed by atoms with Crippen molar-refractivity contribution in [3.63, 3.8) is 0 Å². The van der Waals surface area contributed by atoms with E-state index in [9.17, 15) is 4.79 Å². The fraction of sp³-hybridized carbons (Fsp3) is 0.150. The maximum absolute atomic E-state index is 12.3. The van der Waals surface area contributed by atoms with E-state index in [-0.39, 0.29) is 5.91 Å². The Balaban J connectivity index is 1.50. The Morgan fingerprint density at radius 2 is 2.23 bits per heavy atom. The number of amides is 1. The number of carbonyl (C=O) groups is 1. The molecule has 3 aromatic rings. The van der Waals surface area contributed by atoms with Crippen molar-refractivity contribution in [3.8, 4) is 16.9 Å². The number of benzene rings is 1. The Hall–Kier alpha value is -3.41. The maximum Gasteiger partial charge on any atom is 0.248 e. The predicted molar refractivity (Wildman–Crippen MR) is 99.7 cm³/mol. The highest BCUT2D eigenvalue weighted by molar-refractivity contribution is 6.02. The van der Waals surface area contributed by atoms with Crippen molar-refractivity contribution in [2.75, 3.05) is 11.9 Å². The summed E-state index contributed by atoms with van der Waals surface area (Å²) < 4.78 is 7.27. The van der Waals surface area contributed by atoms with Crippen molar-refractivity contribution in [1.82, 2.24) is 14.8 Å². The van der Waals surface area contributed by atoms with Gasteiger partial charge < -0.3 is 10.1 Å². The molecule has 0 radical (unpaired) electrons. The molecule has 0 saturated heterocycles. The zero-order valence-corrected chi connectivity index (χ0v) is 14.3. The molecule has 6 nitrogen and oxygen atoms in total. The van der Waals surface area contributed by atoms with Gasteiger partial charge in [-0.1, -0.05) is 6.07 Å². The largest absolute Gasteiger partial charge is 0.493 e. The first-order valence-electron chi connectivity index (χ1n) is 8.37. The summed E-state index contributed by atoms with van der Waals surface area (Å²) in [7, 11) is 1.87. The number of pyridine rings is 1. The topological polar surface area (TPSA) is 69.0 Å². The van der Waals surface area contributed by atoms with Crippen molar-refractivity contribution < 1.29 is 9.53 Å². The zero-order chi connectivity index (χ0) is 17.9. The highest BCUT2D eigenvalue weighted by Crippen LogP contribution is 2.28. The molecular formula is C20H18N4O2. The fourth-order valence-corrected chi connectivity index (χ4v) is 2.96. The Morgan fingerprint density at radius 1 is 1.31 bits per heavy atom. The normalized spacial score (nSPS) is 12.8. The summed E-state index contributed by atoms with van der Waals surface area (Å²) in [6, 6.07) is 7.65. The average molecular weight is 346 g/mol. The Kier molecular flexibility index (Phi) is 4.23. The number of rotatable bonds is 4. The van der Waals surface area contributed by atoms with Gasteiger partial charge in [0.05, 0.1) is 12.8 Å². The molecule has 0 saturated carbocycles. The third-order valence-electron chi connectivity index (χ3n) is 4.25. The van der Waals surface area contributed by atoms with E-state index >= 15 is 0 Å². The number of aryl methyl sites for hydroxylation is 1. The number of nitrogens with zero attached hydrogens (tertiary/aromatic N) is 3. The van der Waals surface area contributed by atoms with Crippen molar-refractivity contribution in [3.05, 3.63) is 66.3 Å². The van der Waals surface area contributed by atoms with Gasteiger partial charge >= 0.3 is 0 Å². The van der Waals surface area contributed by atoms with E-state index in [1.54, 1.807) is 29.3 Å². The van der Waals surface area contributed by atoms with E-state index in [0.29, 0.717) is 6.61 Å². The first-order valence-corrected chi connectivity index (χ1v) is 8.37. The second kappa shape index (κ2) is 6.84. The average Bonchev–Trinajstić information content (AvgIpc) is 3.28. The van der Waals surface area contributed by atoms with E-state index in [2.05, 4.69) is 15.4 Å². The first kappa shape index (κ1) is 16.1. The summed E-state index contributed by atoms with van der Waals surface area (Å²) in [4.78, 5) is 16.4. The molecule has 0 spiro atoms. The lowest BCUT2D eigenvalue weighted by Gasteiger charge is -2.05. The molecule has 1 aliphatic rings. The van der Waals surface area contributed by atoms with Gasteiger partial charge in [0, 0.05) is 61.0 Å². The van der Waals surface area contributed by atoms with Crippen LogP contribution in [-0.2, 0) is 18.3 Å². The van der Waals surface area contributed by atoms with Crippen LogP contribution in [0.1, 0.15) is 11.1 Å². The summed E-state index contributed by atoms with van der Waals surface area (Å²) in [6.07, 6.45) is 11.4. The van der Waals surface area contributed by atoms with Crippen LogP contribution < -0.4 is 10.1 Å². The van der Waals surface area contributed by atoms with E-state index in [0.717, 1.165) is 34.5 Å². The summed E-state index contributed by atoms with van der Waals surface area (Å²) in [5, 5.41) is 7.06. The smallest absolute Gasteiger partial charge is 0.248 e. The number of hydrogen-bond acceptors (Lipinski definition) is 4. The monoisotopic (exact) mass is 346 g/mol. The van der Waals surface area contributed by atoms with Gasteiger partial charge in [-0.15, -0.1) is 0 Å².